The molecule has 3 heterocycles. The summed E-state index contributed by atoms with van der Waals surface area (Å²) >= 11 is 1.76. The Morgan fingerprint density at radius 3 is 3.04 bits per heavy atom. The average molecular weight is 347 g/mol. The van der Waals surface area contributed by atoms with Crippen LogP contribution in [0.3, 0.4) is 0 Å². The highest BCUT2D eigenvalue weighted by Gasteiger charge is 2.30. The van der Waals surface area contributed by atoms with Gasteiger partial charge in [0.05, 0.1) is 18.3 Å². The standard InChI is InChI=1S/C17H21N3O3S/c1-3-14-12-6-8-24-15(12)5-7-20(14)17(22)19-11-9-13(18-10-11)16(21)23-4-2/h6,8-10,14,18H,3-5,7H2,1-2H3,(H,19,22)/t14-/m0/s1. The Balaban J connectivity index is 1.70. The zero-order chi connectivity index (χ0) is 17.1. The van der Waals surface area contributed by atoms with Crippen molar-refractivity contribution < 1.29 is 14.3 Å². The SMILES string of the molecule is CCOC(=O)c1cc(NC(=O)N2CCc3sccc3[C@@H]2CC)c[nH]1. The van der Waals surface area contributed by atoms with Crippen LogP contribution in [-0.2, 0) is 11.2 Å². The quantitative estimate of drug-likeness (QED) is 0.826. The van der Waals surface area contributed by atoms with Crippen LogP contribution in [0.15, 0.2) is 23.7 Å². The molecule has 6 nitrogen and oxygen atoms in total. The summed E-state index contributed by atoms with van der Waals surface area (Å²) in [6.07, 6.45) is 3.36. The van der Waals surface area contributed by atoms with Crippen LogP contribution in [0.1, 0.15) is 47.2 Å². The fourth-order valence-corrected chi connectivity index (χ4v) is 4.00. The lowest BCUT2D eigenvalue weighted by Gasteiger charge is -2.35. The van der Waals surface area contributed by atoms with Gasteiger partial charge in [0.15, 0.2) is 0 Å². The number of hydrogen-bond donors (Lipinski definition) is 2. The van der Waals surface area contributed by atoms with Gasteiger partial charge in [-0.15, -0.1) is 11.3 Å². The molecule has 0 aliphatic carbocycles. The van der Waals surface area contributed by atoms with Crippen molar-refractivity contribution in [2.24, 2.45) is 0 Å². The first-order chi connectivity index (χ1) is 11.6. The van der Waals surface area contributed by atoms with Gasteiger partial charge in [0, 0.05) is 17.6 Å². The molecule has 0 bridgehead atoms. The van der Waals surface area contributed by atoms with Crippen molar-refractivity contribution in [3.8, 4) is 0 Å². The molecular weight excluding hydrogens is 326 g/mol. The highest BCUT2D eigenvalue weighted by molar-refractivity contribution is 7.10. The van der Waals surface area contributed by atoms with E-state index >= 15 is 0 Å². The van der Waals surface area contributed by atoms with E-state index in [9.17, 15) is 9.59 Å². The minimum absolute atomic E-state index is 0.100. The maximum atomic E-state index is 12.7. The number of fused-ring (bicyclic) bond motifs is 1. The summed E-state index contributed by atoms with van der Waals surface area (Å²) in [6.45, 7) is 4.86. The second-order valence-corrected chi connectivity index (χ2v) is 6.62. The van der Waals surface area contributed by atoms with Gasteiger partial charge in [0.25, 0.3) is 0 Å². The number of H-pyrrole nitrogens is 1. The maximum absolute atomic E-state index is 12.7. The van der Waals surface area contributed by atoms with Crippen molar-refractivity contribution in [2.75, 3.05) is 18.5 Å². The van der Waals surface area contributed by atoms with Crippen molar-refractivity contribution >= 4 is 29.0 Å². The minimum Gasteiger partial charge on any atom is -0.461 e. The monoisotopic (exact) mass is 347 g/mol. The number of aromatic amines is 1. The summed E-state index contributed by atoms with van der Waals surface area (Å²) in [7, 11) is 0. The number of amides is 2. The van der Waals surface area contributed by atoms with Crippen LogP contribution >= 0.6 is 11.3 Å². The molecule has 0 saturated heterocycles. The lowest BCUT2D eigenvalue weighted by Crippen LogP contribution is -2.41. The van der Waals surface area contributed by atoms with E-state index in [0.717, 1.165) is 12.8 Å². The summed E-state index contributed by atoms with van der Waals surface area (Å²) in [5.74, 6) is -0.426. The Hall–Kier alpha value is -2.28. The molecule has 3 rings (SSSR count). The molecule has 0 spiro atoms. The molecule has 2 aromatic rings. The highest BCUT2D eigenvalue weighted by atomic mass is 32.1. The smallest absolute Gasteiger partial charge is 0.354 e. The summed E-state index contributed by atoms with van der Waals surface area (Å²) in [4.78, 5) is 30.4. The number of rotatable bonds is 4. The molecule has 0 radical (unpaired) electrons. The lowest BCUT2D eigenvalue weighted by molar-refractivity contribution is 0.0520. The predicted octanol–water partition coefficient (Wildman–Crippen LogP) is 3.79. The normalized spacial score (nSPS) is 16.6. The van der Waals surface area contributed by atoms with Crippen molar-refractivity contribution in [1.82, 2.24) is 9.88 Å². The minimum atomic E-state index is -0.426. The van der Waals surface area contributed by atoms with E-state index in [1.807, 2.05) is 4.90 Å². The number of carbonyl (C=O) groups excluding carboxylic acids is 2. The van der Waals surface area contributed by atoms with E-state index in [0.29, 0.717) is 24.5 Å². The average Bonchev–Trinajstić information content (AvgIpc) is 3.22. The van der Waals surface area contributed by atoms with Gasteiger partial charge in [0.2, 0.25) is 0 Å². The summed E-state index contributed by atoms with van der Waals surface area (Å²) < 4.78 is 4.94. The zero-order valence-electron chi connectivity index (χ0n) is 13.8. The molecule has 2 N–H and O–H groups in total. The molecule has 2 amide bonds. The van der Waals surface area contributed by atoms with E-state index in [-0.39, 0.29) is 12.1 Å². The van der Waals surface area contributed by atoms with Crippen LogP contribution in [0.5, 0.6) is 0 Å². The lowest BCUT2D eigenvalue weighted by atomic mass is 9.98. The number of hydrogen-bond acceptors (Lipinski definition) is 4. The third-order valence-electron chi connectivity index (χ3n) is 4.17. The third-order valence-corrected chi connectivity index (χ3v) is 5.17. The molecule has 128 valence electrons. The second kappa shape index (κ2) is 7.09. The number of nitrogens with one attached hydrogen (secondary N) is 2. The summed E-state index contributed by atoms with van der Waals surface area (Å²) in [5, 5.41) is 4.96. The molecule has 24 heavy (non-hydrogen) atoms. The topological polar surface area (TPSA) is 74.4 Å². The Kier molecular flexibility index (Phi) is 4.89. The summed E-state index contributed by atoms with van der Waals surface area (Å²) in [5.41, 5.74) is 2.15. The van der Waals surface area contributed by atoms with Crippen molar-refractivity contribution in [3.63, 3.8) is 0 Å². The Bertz CT molecular complexity index is 737. The van der Waals surface area contributed by atoms with E-state index in [2.05, 4.69) is 28.7 Å². The number of anilines is 1. The van der Waals surface area contributed by atoms with Gasteiger partial charge in [0.1, 0.15) is 5.69 Å². The number of aromatic nitrogens is 1. The third kappa shape index (κ3) is 3.17. The van der Waals surface area contributed by atoms with Gasteiger partial charge in [-0.05, 0) is 42.8 Å². The van der Waals surface area contributed by atoms with E-state index < -0.39 is 5.97 Å². The number of urea groups is 1. The number of carbonyl (C=O) groups is 2. The van der Waals surface area contributed by atoms with Crippen molar-refractivity contribution in [3.05, 3.63) is 39.8 Å². The first kappa shape index (κ1) is 16.6. The fraction of sp³-hybridized carbons (Fsp3) is 0.412. The molecule has 0 fully saturated rings. The van der Waals surface area contributed by atoms with Crippen molar-refractivity contribution in [1.29, 1.82) is 0 Å². The molecule has 1 aliphatic rings. The largest absolute Gasteiger partial charge is 0.461 e. The molecule has 7 heteroatoms. The number of nitrogens with zero attached hydrogens (tertiary/aromatic N) is 1. The molecule has 1 aliphatic heterocycles. The van der Waals surface area contributed by atoms with Gasteiger partial charge in [-0.2, -0.15) is 0 Å². The molecular formula is C17H21N3O3S. The van der Waals surface area contributed by atoms with Gasteiger partial charge in [-0.3, -0.25) is 0 Å². The molecule has 2 aromatic heterocycles. The molecule has 0 saturated carbocycles. The maximum Gasteiger partial charge on any atom is 0.354 e. The van der Waals surface area contributed by atoms with E-state index in [1.54, 1.807) is 30.5 Å². The van der Waals surface area contributed by atoms with Gasteiger partial charge in [-0.25, -0.2) is 9.59 Å². The van der Waals surface area contributed by atoms with Crippen LogP contribution in [0, 0.1) is 0 Å². The second-order valence-electron chi connectivity index (χ2n) is 5.62. The van der Waals surface area contributed by atoms with E-state index in [4.69, 9.17) is 4.74 Å². The van der Waals surface area contributed by atoms with Gasteiger partial charge >= 0.3 is 12.0 Å². The van der Waals surface area contributed by atoms with Crippen LogP contribution < -0.4 is 5.32 Å². The molecule has 0 aromatic carbocycles. The Morgan fingerprint density at radius 2 is 2.29 bits per heavy atom. The molecule has 1 atom stereocenters. The summed E-state index contributed by atoms with van der Waals surface area (Å²) in [6, 6.07) is 3.66. The molecule has 0 unspecified atom stereocenters. The number of thiophene rings is 1. The van der Waals surface area contributed by atoms with Crippen LogP contribution in [0.25, 0.3) is 0 Å². The number of ether oxygens (including phenoxy) is 1. The Morgan fingerprint density at radius 1 is 1.46 bits per heavy atom. The van der Waals surface area contributed by atoms with Gasteiger partial charge in [-0.1, -0.05) is 6.92 Å². The van der Waals surface area contributed by atoms with Gasteiger partial charge < -0.3 is 19.9 Å². The van der Waals surface area contributed by atoms with Crippen molar-refractivity contribution in [2.45, 2.75) is 32.7 Å². The van der Waals surface area contributed by atoms with Crippen LogP contribution in [-0.4, -0.2) is 35.0 Å². The zero-order valence-corrected chi connectivity index (χ0v) is 14.6. The Labute approximate surface area is 144 Å². The predicted molar refractivity (Wildman–Crippen MR) is 93.5 cm³/mol. The number of esters is 1. The first-order valence-corrected chi connectivity index (χ1v) is 9.01. The van der Waals surface area contributed by atoms with Crippen LogP contribution in [0.4, 0.5) is 10.5 Å². The van der Waals surface area contributed by atoms with Crippen LogP contribution in [0.2, 0.25) is 0 Å². The first-order valence-electron chi connectivity index (χ1n) is 8.13. The fourth-order valence-electron chi connectivity index (χ4n) is 3.07. The highest BCUT2D eigenvalue weighted by Crippen LogP contribution is 2.35. The van der Waals surface area contributed by atoms with E-state index in [1.165, 1.54) is 10.4 Å².